The van der Waals surface area contributed by atoms with E-state index in [1.54, 1.807) is 18.4 Å². The Hall–Kier alpha value is -2.08. The summed E-state index contributed by atoms with van der Waals surface area (Å²) in [5.41, 5.74) is 7.92. The molecular formula is C14H16N4OS. The molecule has 0 aliphatic carbocycles. The summed E-state index contributed by atoms with van der Waals surface area (Å²) in [5.74, 6) is 1.61. The normalized spacial score (nSPS) is 12.7. The highest BCUT2D eigenvalue weighted by atomic mass is 32.1. The van der Waals surface area contributed by atoms with Gasteiger partial charge in [0.05, 0.1) is 23.2 Å². The molecule has 0 spiro atoms. The third kappa shape index (κ3) is 2.22. The molecule has 104 valence electrons. The number of anilines is 1. The highest BCUT2D eigenvalue weighted by molar-refractivity contribution is 7.09. The predicted octanol–water partition coefficient (Wildman–Crippen LogP) is 2.89. The Labute approximate surface area is 121 Å². The zero-order valence-electron chi connectivity index (χ0n) is 11.4. The van der Waals surface area contributed by atoms with E-state index < -0.39 is 0 Å². The predicted molar refractivity (Wildman–Crippen MR) is 81.2 cm³/mol. The molecule has 0 fully saturated rings. The molecule has 6 heteroatoms. The Morgan fingerprint density at radius 2 is 2.30 bits per heavy atom. The Bertz CT molecular complexity index is 720. The number of aromatic nitrogens is 3. The molecule has 1 aromatic carbocycles. The summed E-state index contributed by atoms with van der Waals surface area (Å²) in [6.07, 6.45) is 1.83. The number of hydrogen-bond acceptors (Lipinski definition) is 5. The summed E-state index contributed by atoms with van der Waals surface area (Å²) in [6, 6.07) is 5.82. The van der Waals surface area contributed by atoms with Gasteiger partial charge in [0.15, 0.2) is 0 Å². The molecule has 2 N–H and O–H groups in total. The lowest BCUT2D eigenvalue weighted by atomic mass is 10.2. The first kappa shape index (κ1) is 12.9. The third-order valence-electron chi connectivity index (χ3n) is 3.31. The average molecular weight is 288 g/mol. The molecule has 20 heavy (non-hydrogen) atoms. The molecule has 1 unspecified atom stereocenters. The van der Waals surface area contributed by atoms with Crippen LogP contribution < -0.4 is 10.5 Å². The topological polar surface area (TPSA) is 66.0 Å². The van der Waals surface area contributed by atoms with Gasteiger partial charge in [-0.15, -0.1) is 11.3 Å². The molecule has 0 aliphatic heterocycles. The van der Waals surface area contributed by atoms with Crippen molar-refractivity contribution in [1.82, 2.24) is 14.5 Å². The number of benzene rings is 1. The summed E-state index contributed by atoms with van der Waals surface area (Å²) < 4.78 is 7.24. The number of rotatable bonds is 4. The molecule has 1 atom stereocenters. The number of fused-ring (bicyclic) bond motifs is 1. The SMILES string of the molecule is COc1ccc2c(c1)nc(N)n2CC(C)c1nccs1. The van der Waals surface area contributed by atoms with Crippen LogP contribution in [0.2, 0.25) is 0 Å². The van der Waals surface area contributed by atoms with Crippen molar-refractivity contribution in [3.63, 3.8) is 0 Å². The van der Waals surface area contributed by atoms with Crippen LogP contribution in [-0.4, -0.2) is 21.6 Å². The van der Waals surface area contributed by atoms with Crippen LogP contribution in [0.25, 0.3) is 11.0 Å². The Kier molecular flexibility index (Phi) is 3.31. The summed E-state index contributed by atoms with van der Waals surface area (Å²) >= 11 is 1.66. The van der Waals surface area contributed by atoms with Crippen molar-refractivity contribution in [3.8, 4) is 5.75 Å². The van der Waals surface area contributed by atoms with E-state index in [1.165, 1.54) is 0 Å². The van der Waals surface area contributed by atoms with Crippen LogP contribution in [0.3, 0.4) is 0 Å². The van der Waals surface area contributed by atoms with E-state index in [4.69, 9.17) is 10.5 Å². The molecule has 3 rings (SSSR count). The molecule has 0 aliphatic rings. The van der Waals surface area contributed by atoms with Gasteiger partial charge in [0.2, 0.25) is 5.95 Å². The van der Waals surface area contributed by atoms with E-state index in [-0.39, 0.29) is 0 Å². The second-order valence-electron chi connectivity index (χ2n) is 4.71. The van der Waals surface area contributed by atoms with Crippen LogP contribution in [0.1, 0.15) is 17.8 Å². The number of ether oxygens (including phenoxy) is 1. The largest absolute Gasteiger partial charge is 0.497 e. The number of nitrogens with zero attached hydrogens (tertiary/aromatic N) is 3. The van der Waals surface area contributed by atoms with E-state index in [1.807, 2.05) is 34.3 Å². The molecule has 0 amide bonds. The zero-order chi connectivity index (χ0) is 14.1. The van der Waals surface area contributed by atoms with Gasteiger partial charge in [0.1, 0.15) is 5.75 Å². The van der Waals surface area contributed by atoms with Crippen molar-refractivity contribution in [2.75, 3.05) is 12.8 Å². The Morgan fingerprint density at radius 3 is 3.00 bits per heavy atom. The number of nitrogens with two attached hydrogens (primary N) is 1. The lowest BCUT2D eigenvalue weighted by Crippen LogP contribution is -2.09. The summed E-state index contributed by atoms with van der Waals surface area (Å²) in [5, 5.41) is 3.10. The van der Waals surface area contributed by atoms with Gasteiger partial charge in [-0.05, 0) is 12.1 Å². The van der Waals surface area contributed by atoms with E-state index in [2.05, 4.69) is 16.9 Å². The minimum atomic E-state index is 0.303. The van der Waals surface area contributed by atoms with Crippen LogP contribution in [0, 0.1) is 0 Å². The molecule has 2 aromatic heterocycles. The van der Waals surface area contributed by atoms with Gasteiger partial charge >= 0.3 is 0 Å². The van der Waals surface area contributed by atoms with Gasteiger partial charge < -0.3 is 15.0 Å². The van der Waals surface area contributed by atoms with Crippen LogP contribution >= 0.6 is 11.3 Å². The highest BCUT2D eigenvalue weighted by Gasteiger charge is 2.14. The molecule has 3 aromatic rings. The molecule has 0 saturated heterocycles. The van der Waals surface area contributed by atoms with Crippen molar-refractivity contribution >= 4 is 28.3 Å². The zero-order valence-corrected chi connectivity index (χ0v) is 12.2. The molecular weight excluding hydrogens is 272 g/mol. The van der Waals surface area contributed by atoms with Gasteiger partial charge in [-0.25, -0.2) is 9.97 Å². The second-order valence-corrected chi connectivity index (χ2v) is 5.63. The van der Waals surface area contributed by atoms with Crippen molar-refractivity contribution in [2.45, 2.75) is 19.4 Å². The smallest absolute Gasteiger partial charge is 0.201 e. The van der Waals surface area contributed by atoms with Crippen LogP contribution in [0.15, 0.2) is 29.8 Å². The summed E-state index contributed by atoms with van der Waals surface area (Å²) in [6.45, 7) is 2.91. The number of hydrogen-bond donors (Lipinski definition) is 1. The Balaban J connectivity index is 1.97. The first-order chi connectivity index (χ1) is 9.69. The Morgan fingerprint density at radius 1 is 1.45 bits per heavy atom. The number of imidazole rings is 1. The van der Waals surface area contributed by atoms with Crippen molar-refractivity contribution in [2.24, 2.45) is 0 Å². The lowest BCUT2D eigenvalue weighted by molar-refractivity contribution is 0.415. The molecule has 0 bridgehead atoms. The fourth-order valence-corrected chi connectivity index (χ4v) is 2.97. The monoisotopic (exact) mass is 288 g/mol. The van der Waals surface area contributed by atoms with Gasteiger partial charge in [-0.1, -0.05) is 6.92 Å². The van der Waals surface area contributed by atoms with Crippen LogP contribution in [0.5, 0.6) is 5.75 Å². The second kappa shape index (κ2) is 5.13. The maximum absolute atomic E-state index is 6.04. The van der Waals surface area contributed by atoms with Gasteiger partial charge in [0, 0.05) is 30.1 Å². The van der Waals surface area contributed by atoms with Crippen LogP contribution in [0.4, 0.5) is 5.95 Å². The van der Waals surface area contributed by atoms with E-state index in [0.29, 0.717) is 11.9 Å². The minimum Gasteiger partial charge on any atom is -0.497 e. The molecule has 2 heterocycles. The maximum atomic E-state index is 6.04. The molecule has 0 radical (unpaired) electrons. The van der Waals surface area contributed by atoms with Gasteiger partial charge in [-0.3, -0.25) is 0 Å². The van der Waals surface area contributed by atoms with E-state index in [9.17, 15) is 0 Å². The minimum absolute atomic E-state index is 0.303. The lowest BCUT2D eigenvalue weighted by Gasteiger charge is -2.11. The standard InChI is InChI=1S/C14H16N4OS/c1-9(13-16-5-6-20-13)8-18-12-4-3-10(19-2)7-11(12)17-14(18)15/h3-7,9H,8H2,1-2H3,(H2,15,17). The number of methoxy groups -OCH3 is 1. The first-order valence-electron chi connectivity index (χ1n) is 6.38. The fourth-order valence-electron chi connectivity index (χ4n) is 2.28. The summed E-state index contributed by atoms with van der Waals surface area (Å²) in [7, 11) is 1.64. The average Bonchev–Trinajstić information content (AvgIpc) is 3.07. The quantitative estimate of drug-likeness (QED) is 0.801. The maximum Gasteiger partial charge on any atom is 0.201 e. The first-order valence-corrected chi connectivity index (χ1v) is 7.26. The fraction of sp³-hybridized carbons (Fsp3) is 0.286. The van der Waals surface area contributed by atoms with E-state index >= 15 is 0 Å². The van der Waals surface area contributed by atoms with Crippen molar-refractivity contribution in [1.29, 1.82) is 0 Å². The van der Waals surface area contributed by atoms with Crippen molar-refractivity contribution < 1.29 is 4.74 Å². The third-order valence-corrected chi connectivity index (χ3v) is 4.32. The molecule has 0 saturated carbocycles. The van der Waals surface area contributed by atoms with E-state index in [0.717, 1.165) is 28.3 Å². The van der Waals surface area contributed by atoms with Crippen LogP contribution in [-0.2, 0) is 6.54 Å². The number of nitrogen functional groups attached to an aromatic ring is 1. The van der Waals surface area contributed by atoms with Gasteiger partial charge in [-0.2, -0.15) is 0 Å². The van der Waals surface area contributed by atoms with Gasteiger partial charge in [0.25, 0.3) is 0 Å². The highest BCUT2D eigenvalue weighted by Crippen LogP contribution is 2.26. The summed E-state index contributed by atoms with van der Waals surface area (Å²) in [4.78, 5) is 8.76. The van der Waals surface area contributed by atoms with Crippen molar-refractivity contribution in [3.05, 3.63) is 34.8 Å². The number of thiazole rings is 1. The molecule has 5 nitrogen and oxygen atoms in total.